The summed E-state index contributed by atoms with van der Waals surface area (Å²) < 4.78 is 0. The van der Waals surface area contributed by atoms with Gasteiger partial charge in [0.1, 0.15) is 0 Å². The maximum absolute atomic E-state index is 11.9. The summed E-state index contributed by atoms with van der Waals surface area (Å²) in [5.74, 6) is -0.804. The minimum atomic E-state index is -0.912. The average molecular weight is 268 g/mol. The summed E-state index contributed by atoms with van der Waals surface area (Å²) in [6.07, 6.45) is 5.22. The third-order valence-corrected chi connectivity index (χ3v) is 3.90. The molecule has 1 aliphatic rings. The van der Waals surface area contributed by atoms with E-state index in [0.29, 0.717) is 10.8 Å². The number of amides is 1. The number of carboxylic acid groups (broad SMARTS) is 1. The molecule has 0 radical (unpaired) electrons. The van der Waals surface area contributed by atoms with Crippen LogP contribution in [-0.2, 0) is 16.0 Å². The van der Waals surface area contributed by atoms with Crippen molar-refractivity contribution >= 4 is 28.3 Å². The lowest BCUT2D eigenvalue weighted by Crippen LogP contribution is -2.24. The largest absolute Gasteiger partial charge is 0.481 e. The Morgan fingerprint density at radius 2 is 2.11 bits per heavy atom. The molecule has 0 spiro atoms. The third kappa shape index (κ3) is 3.53. The fourth-order valence-electron chi connectivity index (χ4n) is 2.17. The number of anilines is 1. The van der Waals surface area contributed by atoms with E-state index in [1.54, 1.807) is 5.38 Å². The van der Waals surface area contributed by atoms with Gasteiger partial charge in [0.15, 0.2) is 5.13 Å². The second-order valence-corrected chi connectivity index (χ2v) is 5.40. The molecule has 0 aliphatic heterocycles. The van der Waals surface area contributed by atoms with Crippen LogP contribution in [0.15, 0.2) is 5.38 Å². The smallest absolute Gasteiger partial charge is 0.309 e. The van der Waals surface area contributed by atoms with Gasteiger partial charge in [-0.15, -0.1) is 11.3 Å². The Morgan fingerprint density at radius 1 is 1.39 bits per heavy atom. The molecule has 0 bridgehead atoms. The molecule has 1 aromatic rings. The predicted octanol–water partition coefficient (Wildman–Crippen LogP) is 2.29. The lowest BCUT2D eigenvalue weighted by atomic mass is 9.89. The first kappa shape index (κ1) is 13.0. The third-order valence-electron chi connectivity index (χ3n) is 3.09. The summed E-state index contributed by atoms with van der Waals surface area (Å²) in [6, 6.07) is 0. The molecule has 2 rings (SSSR count). The first-order valence-electron chi connectivity index (χ1n) is 6.12. The van der Waals surface area contributed by atoms with Crippen LogP contribution in [0.3, 0.4) is 0 Å². The lowest BCUT2D eigenvalue weighted by molar-refractivity contribution is -0.136. The van der Waals surface area contributed by atoms with Crippen molar-refractivity contribution in [3.8, 4) is 0 Å². The highest BCUT2D eigenvalue weighted by Gasteiger charge is 2.21. The Morgan fingerprint density at radius 3 is 2.78 bits per heavy atom. The van der Waals surface area contributed by atoms with Crippen molar-refractivity contribution in [2.45, 2.75) is 38.5 Å². The molecule has 0 atom stereocenters. The normalized spacial score (nSPS) is 16.4. The molecule has 1 saturated carbocycles. The number of nitrogens with zero attached hydrogens (tertiary/aromatic N) is 1. The van der Waals surface area contributed by atoms with Gasteiger partial charge in [-0.3, -0.25) is 9.59 Å². The van der Waals surface area contributed by atoms with Gasteiger partial charge in [0.25, 0.3) is 0 Å². The minimum absolute atomic E-state index is 0.0194. The van der Waals surface area contributed by atoms with E-state index in [1.807, 2.05) is 0 Å². The average Bonchev–Trinajstić information content (AvgIpc) is 2.76. The summed E-state index contributed by atoms with van der Waals surface area (Å²) in [4.78, 5) is 26.6. The van der Waals surface area contributed by atoms with Gasteiger partial charge in [-0.2, -0.15) is 0 Å². The molecule has 1 aromatic heterocycles. The Balaban J connectivity index is 1.90. The second-order valence-electron chi connectivity index (χ2n) is 4.54. The van der Waals surface area contributed by atoms with Crippen LogP contribution >= 0.6 is 11.3 Å². The molecule has 1 amide bonds. The van der Waals surface area contributed by atoms with Crippen molar-refractivity contribution in [3.05, 3.63) is 11.1 Å². The molecule has 0 saturated heterocycles. The number of aromatic nitrogens is 1. The predicted molar refractivity (Wildman–Crippen MR) is 68.7 cm³/mol. The standard InChI is InChI=1S/C12H16N2O3S/c15-10(16)6-9-7-18-12(13-9)14-11(17)8-4-2-1-3-5-8/h7-8H,1-6H2,(H,15,16)(H,13,14,17). The van der Waals surface area contributed by atoms with Crippen LogP contribution in [0.1, 0.15) is 37.8 Å². The van der Waals surface area contributed by atoms with Crippen molar-refractivity contribution in [1.29, 1.82) is 0 Å². The van der Waals surface area contributed by atoms with E-state index in [1.165, 1.54) is 17.8 Å². The van der Waals surface area contributed by atoms with E-state index in [9.17, 15) is 9.59 Å². The van der Waals surface area contributed by atoms with Crippen LogP contribution < -0.4 is 5.32 Å². The van der Waals surface area contributed by atoms with Gasteiger partial charge in [-0.25, -0.2) is 4.98 Å². The maximum Gasteiger partial charge on any atom is 0.309 e. The zero-order valence-electron chi connectivity index (χ0n) is 10.0. The summed E-state index contributed by atoms with van der Waals surface area (Å²) >= 11 is 1.28. The van der Waals surface area contributed by atoms with Gasteiger partial charge < -0.3 is 10.4 Å². The molecule has 0 aromatic carbocycles. The molecule has 6 heteroatoms. The summed E-state index contributed by atoms with van der Waals surface area (Å²) in [5.41, 5.74) is 0.492. The molecule has 1 aliphatic carbocycles. The monoisotopic (exact) mass is 268 g/mol. The molecule has 98 valence electrons. The number of carbonyl (C=O) groups is 2. The van der Waals surface area contributed by atoms with E-state index < -0.39 is 5.97 Å². The number of hydrogen-bond acceptors (Lipinski definition) is 4. The molecule has 1 heterocycles. The number of nitrogens with one attached hydrogen (secondary N) is 1. The fourth-order valence-corrected chi connectivity index (χ4v) is 2.89. The van der Waals surface area contributed by atoms with Crippen molar-refractivity contribution in [2.24, 2.45) is 5.92 Å². The van der Waals surface area contributed by atoms with Gasteiger partial charge in [-0.1, -0.05) is 19.3 Å². The summed E-state index contributed by atoms with van der Waals surface area (Å²) in [6.45, 7) is 0. The molecule has 18 heavy (non-hydrogen) atoms. The molecular formula is C12H16N2O3S. The van der Waals surface area contributed by atoms with Gasteiger partial charge in [0, 0.05) is 11.3 Å². The van der Waals surface area contributed by atoms with Crippen LogP contribution in [0.2, 0.25) is 0 Å². The SMILES string of the molecule is O=C(O)Cc1csc(NC(=O)C2CCCCC2)n1. The van der Waals surface area contributed by atoms with E-state index in [0.717, 1.165) is 25.7 Å². The Hall–Kier alpha value is -1.43. The van der Waals surface area contributed by atoms with Crippen molar-refractivity contribution < 1.29 is 14.7 Å². The van der Waals surface area contributed by atoms with E-state index >= 15 is 0 Å². The molecule has 0 unspecified atom stereocenters. The highest BCUT2D eigenvalue weighted by Crippen LogP contribution is 2.25. The Labute approximate surface area is 109 Å². The van der Waals surface area contributed by atoms with Crippen LogP contribution in [0.5, 0.6) is 0 Å². The van der Waals surface area contributed by atoms with Gasteiger partial charge in [0.05, 0.1) is 12.1 Å². The number of aliphatic carboxylic acids is 1. The maximum atomic E-state index is 11.9. The van der Waals surface area contributed by atoms with Crippen LogP contribution in [0, 0.1) is 5.92 Å². The zero-order valence-corrected chi connectivity index (χ0v) is 10.8. The highest BCUT2D eigenvalue weighted by molar-refractivity contribution is 7.13. The van der Waals surface area contributed by atoms with Crippen LogP contribution in [0.4, 0.5) is 5.13 Å². The van der Waals surface area contributed by atoms with E-state index in [4.69, 9.17) is 5.11 Å². The Kier molecular flexibility index (Phi) is 4.30. The number of carbonyl (C=O) groups excluding carboxylic acids is 1. The molecular weight excluding hydrogens is 252 g/mol. The van der Waals surface area contributed by atoms with Crippen LogP contribution in [-0.4, -0.2) is 22.0 Å². The lowest BCUT2D eigenvalue weighted by Gasteiger charge is -2.19. The fraction of sp³-hybridized carbons (Fsp3) is 0.583. The highest BCUT2D eigenvalue weighted by atomic mass is 32.1. The summed E-state index contributed by atoms with van der Waals surface area (Å²) in [7, 11) is 0. The van der Waals surface area contributed by atoms with Crippen molar-refractivity contribution in [1.82, 2.24) is 4.98 Å². The second kappa shape index (κ2) is 5.95. The quantitative estimate of drug-likeness (QED) is 0.878. The number of carboxylic acids is 1. The van der Waals surface area contributed by atoms with Gasteiger partial charge in [-0.05, 0) is 12.8 Å². The molecule has 5 nitrogen and oxygen atoms in total. The first-order chi connectivity index (χ1) is 8.65. The minimum Gasteiger partial charge on any atom is -0.481 e. The van der Waals surface area contributed by atoms with Gasteiger partial charge in [0.2, 0.25) is 5.91 Å². The topological polar surface area (TPSA) is 79.3 Å². The van der Waals surface area contributed by atoms with E-state index in [2.05, 4.69) is 10.3 Å². The van der Waals surface area contributed by atoms with Crippen molar-refractivity contribution in [3.63, 3.8) is 0 Å². The number of hydrogen-bond donors (Lipinski definition) is 2. The molecule has 1 fully saturated rings. The number of thiazole rings is 1. The number of rotatable bonds is 4. The molecule has 2 N–H and O–H groups in total. The van der Waals surface area contributed by atoms with E-state index in [-0.39, 0.29) is 18.2 Å². The first-order valence-corrected chi connectivity index (χ1v) is 7.00. The van der Waals surface area contributed by atoms with Crippen molar-refractivity contribution in [2.75, 3.05) is 5.32 Å². The van der Waals surface area contributed by atoms with Crippen LogP contribution in [0.25, 0.3) is 0 Å². The Bertz CT molecular complexity index is 438. The summed E-state index contributed by atoms with van der Waals surface area (Å²) in [5, 5.41) is 13.6. The zero-order chi connectivity index (χ0) is 13.0. The van der Waals surface area contributed by atoms with Gasteiger partial charge >= 0.3 is 5.97 Å².